The summed E-state index contributed by atoms with van der Waals surface area (Å²) in [6, 6.07) is 9.53. The molecule has 224 valence electrons. The largest absolute Gasteiger partial charge is 0.466 e. The van der Waals surface area contributed by atoms with Crippen LogP contribution in [0.5, 0.6) is 0 Å². The lowest BCUT2D eigenvalue weighted by molar-refractivity contribution is -0.144. The molecule has 1 heterocycles. The standard InChI is InChI=1S/C32H36ClF2N3O4/c1-7-42-28(39)16-25(23-15-21(12-20(6)30(23)35)29-18(4)13-22(34)14-19(29)5)36-31(40)24(11-17(2)3)32(41)38-27-10-8-9-26(33)37-27/h8-10,12-15,17,24-25H,7,11,16H2,1-6H3,(H,36,40)(H,37,38,41)/t24-,25-/m0/s1. The third kappa shape index (κ3) is 8.35. The summed E-state index contributed by atoms with van der Waals surface area (Å²) in [5, 5.41) is 5.53. The predicted octanol–water partition coefficient (Wildman–Crippen LogP) is 7.02. The van der Waals surface area contributed by atoms with Gasteiger partial charge in [0.25, 0.3) is 0 Å². The Hall–Kier alpha value is -3.85. The molecule has 0 aliphatic heterocycles. The second-order valence-electron chi connectivity index (χ2n) is 10.7. The van der Waals surface area contributed by atoms with Crippen molar-refractivity contribution in [2.75, 3.05) is 11.9 Å². The van der Waals surface area contributed by atoms with Crippen molar-refractivity contribution in [3.8, 4) is 11.1 Å². The molecule has 2 amide bonds. The van der Waals surface area contributed by atoms with E-state index < -0.39 is 35.6 Å². The van der Waals surface area contributed by atoms with Crippen molar-refractivity contribution in [1.29, 1.82) is 0 Å². The minimum absolute atomic E-state index is 0.0472. The van der Waals surface area contributed by atoms with Crippen molar-refractivity contribution in [3.05, 3.63) is 81.5 Å². The zero-order valence-electron chi connectivity index (χ0n) is 24.6. The van der Waals surface area contributed by atoms with Gasteiger partial charge < -0.3 is 15.4 Å². The maximum Gasteiger partial charge on any atom is 0.308 e. The van der Waals surface area contributed by atoms with E-state index in [9.17, 15) is 18.8 Å². The first-order chi connectivity index (χ1) is 19.8. The number of ether oxygens (including phenoxy) is 1. The molecule has 0 fully saturated rings. The Kier molecular flexibility index (Phi) is 11.2. The third-order valence-electron chi connectivity index (χ3n) is 6.74. The maximum atomic E-state index is 15.7. The van der Waals surface area contributed by atoms with Gasteiger partial charge in [-0.05, 0) is 104 Å². The maximum absolute atomic E-state index is 15.7. The smallest absolute Gasteiger partial charge is 0.308 e. The highest BCUT2D eigenvalue weighted by atomic mass is 35.5. The number of pyridine rings is 1. The van der Waals surface area contributed by atoms with Crippen LogP contribution in [-0.4, -0.2) is 29.4 Å². The number of nitrogens with one attached hydrogen (secondary N) is 2. The molecule has 3 aromatic rings. The van der Waals surface area contributed by atoms with E-state index in [2.05, 4.69) is 15.6 Å². The zero-order chi connectivity index (χ0) is 31.1. The number of nitrogens with zero attached hydrogens (tertiary/aromatic N) is 1. The molecular formula is C32H36ClF2N3O4. The van der Waals surface area contributed by atoms with Crippen LogP contribution in [0.25, 0.3) is 11.1 Å². The fraction of sp³-hybridized carbons (Fsp3) is 0.375. The highest BCUT2D eigenvalue weighted by molar-refractivity contribution is 6.29. The summed E-state index contributed by atoms with van der Waals surface area (Å²) in [6.45, 7) is 10.6. The second-order valence-corrected chi connectivity index (χ2v) is 11.1. The molecule has 7 nitrogen and oxygen atoms in total. The number of halogens is 3. The first kappa shape index (κ1) is 32.7. The van der Waals surface area contributed by atoms with Crippen molar-refractivity contribution in [2.24, 2.45) is 11.8 Å². The summed E-state index contributed by atoms with van der Waals surface area (Å²) in [5.41, 5.74) is 2.95. The van der Waals surface area contributed by atoms with E-state index in [1.165, 1.54) is 12.1 Å². The van der Waals surface area contributed by atoms with Crippen LogP contribution in [0.2, 0.25) is 5.15 Å². The average molecular weight is 600 g/mol. The van der Waals surface area contributed by atoms with Gasteiger partial charge in [-0.1, -0.05) is 31.5 Å². The molecule has 0 radical (unpaired) electrons. The number of benzene rings is 2. The summed E-state index contributed by atoms with van der Waals surface area (Å²) >= 11 is 5.94. The molecule has 0 aliphatic rings. The number of aromatic nitrogens is 1. The molecule has 10 heteroatoms. The number of rotatable bonds is 11. The number of aryl methyl sites for hydroxylation is 3. The van der Waals surface area contributed by atoms with Crippen LogP contribution in [-0.2, 0) is 19.1 Å². The van der Waals surface area contributed by atoms with E-state index >= 15 is 4.39 Å². The number of hydrogen-bond acceptors (Lipinski definition) is 5. The molecule has 42 heavy (non-hydrogen) atoms. The Labute approximate surface area is 250 Å². The number of anilines is 1. The third-order valence-corrected chi connectivity index (χ3v) is 6.95. The number of carbonyl (C=O) groups is 3. The zero-order valence-corrected chi connectivity index (χ0v) is 25.4. The lowest BCUT2D eigenvalue weighted by atomic mass is 9.90. The predicted molar refractivity (Wildman–Crippen MR) is 159 cm³/mol. The van der Waals surface area contributed by atoms with Gasteiger partial charge in [-0.3, -0.25) is 14.4 Å². The Balaban J connectivity index is 2.04. The summed E-state index contributed by atoms with van der Waals surface area (Å²) < 4.78 is 34.9. The van der Waals surface area contributed by atoms with Gasteiger partial charge >= 0.3 is 5.97 Å². The molecule has 0 aliphatic carbocycles. The number of amides is 2. The van der Waals surface area contributed by atoms with E-state index in [4.69, 9.17) is 16.3 Å². The second kappa shape index (κ2) is 14.4. The quantitative estimate of drug-likeness (QED) is 0.140. The van der Waals surface area contributed by atoms with E-state index in [0.717, 1.165) is 0 Å². The van der Waals surface area contributed by atoms with Crippen molar-refractivity contribution >= 4 is 35.2 Å². The molecule has 0 bridgehead atoms. The van der Waals surface area contributed by atoms with Crippen LogP contribution in [0.1, 0.15) is 61.9 Å². The van der Waals surface area contributed by atoms with Crippen molar-refractivity contribution in [1.82, 2.24) is 10.3 Å². The summed E-state index contributed by atoms with van der Waals surface area (Å²) in [5.74, 6) is -3.99. The topological polar surface area (TPSA) is 97.4 Å². The molecule has 0 saturated carbocycles. The number of carbonyl (C=O) groups excluding carboxylic acids is 3. The minimum Gasteiger partial charge on any atom is -0.466 e. The molecule has 1 aromatic heterocycles. The van der Waals surface area contributed by atoms with Crippen molar-refractivity contribution < 1.29 is 27.9 Å². The van der Waals surface area contributed by atoms with Crippen LogP contribution in [0, 0.1) is 44.2 Å². The SMILES string of the molecule is CCOC(=O)C[C@H](NC(=O)[C@H](CC(C)C)C(=O)Nc1cccc(Cl)n1)c1cc(-c2c(C)cc(F)cc2C)cc(C)c1F. The monoisotopic (exact) mass is 599 g/mol. The molecule has 0 saturated heterocycles. The van der Waals surface area contributed by atoms with E-state index in [1.54, 1.807) is 58.0 Å². The summed E-state index contributed by atoms with van der Waals surface area (Å²) in [7, 11) is 0. The number of hydrogen-bond donors (Lipinski definition) is 2. The fourth-order valence-corrected chi connectivity index (χ4v) is 5.12. The lowest BCUT2D eigenvalue weighted by Crippen LogP contribution is -2.41. The minimum atomic E-state index is -1.18. The van der Waals surface area contributed by atoms with Crippen LogP contribution >= 0.6 is 11.6 Å². The van der Waals surface area contributed by atoms with Crippen molar-refractivity contribution in [2.45, 2.75) is 60.4 Å². The Bertz CT molecular complexity index is 1460. The van der Waals surface area contributed by atoms with Gasteiger partial charge in [-0.2, -0.15) is 0 Å². The first-order valence-corrected chi connectivity index (χ1v) is 14.1. The van der Waals surface area contributed by atoms with Gasteiger partial charge in [0, 0.05) is 5.56 Å². The van der Waals surface area contributed by atoms with Crippen LogP contribution < -0.4 is 10.6 Å². The molecule has 2 atom stereocenters. The highest BCUT2D eigenvalue weighted by Crippen LogP contribution is 2.34. The molecular weight excluding hydrogens is 564 g/mol. The van der Waals surface area contributed by atoms with Crippen LogP contribution in [0.4, 0.5) is 14.6 Å². The molecule has 0 unspecified atom stereocenters. The van der Waals surface area contributed by atoms with Gasteiger partial charge in [0.1, 0.15) is 28.5 Å². The summed E-state index contributed by atoms with van der Waals surface area (Å²) in [4.78, 5) is 43.6. The molecule has 0 spiro atoms. The molecule has 2 aromatic carbocycles. The van der Waals surface area contributed by atoms with Gasteiger partial charge in [-0.25, -0.2) is 13.8 Å². The van der Waals surface area contributed by atoms with Gasteiger partial charge in [-0.15, -0.1) is 0 Å². The normalized spacial score (nSPS) is 12.5. The van der Waals surface area contributed by atoms with Crippen molar-refractivity contribution in [3.63, 3.8) is 0 Å². The summed E-state index contributed by atoms with van der Waals surface area (Å²) in [6.07, 6.45) is -0.188. The van der Waals surface area contributed by atoms with E-state index in [-0.39, 0.29) is 53.3 Å². The van der Waals surface area contributed by atoms with Gasteiger partial charge in [0.2, 0.25) is 11.8 Å². The first-order valence-electron chi connectivity index (χ1n) is 13.8. The van der Waals surface area contributed by atoms with E-state index in [0.29, 0.717) is 22.3 Å². The lowest BCUT2D eigenvalue weighted by Gasteiger charge is -2.25. The average Bonchev–Trinajstić information content (AvgIpc) is 2.88. The van der Waals surface area contributed by atoms with E-state index in [1.807, 2.05) is 13.8 Å². The van der Waals surface area contributed by atoms with Gasteiger partial charge in [0.15, 0.2) is 0 Å². The molecule has 3 rings (SSSR count). The highest BCUT2D eigenvalue weighted by Gasteiger charge is 2.32. The fourth-order valence-electron chi connectivity index (χ4n) is 4.95. The Morgan fingerprint density at radius 1 is 0.976 bits per heavy atom. The van der Waals surface area contributed by atoms with Crippen LogP contribution in [0.3, 0.4) is 0 Å². The van der Waals surface area contributed by atoms with Gasteiger partial charge in [0.05, 0.1) is 19.1 Å². The number of esters is 1. The molecule has 2 N–H and O–H groups in total. The Morgan fingerprint density at radius 3 is 2.24 bits per heavy atom. The Morgan fingerprint density at radius 2 is 1.64 bits per heavy atom. The van der Waals surface area contributed by atoms with Crippen LogP contribution in [0.15, 0.2) is 42.5 Å².